The molecule has 0 spiro atoms. The van der Waals surface area contributed by atoms with Gasteiger partial charge in [0.25, 0.3) is 0 Å². The molecule has 0 radical (unpaired) electrons. The van der Waals surface area contributed by atoms with Gasteiger partial charge in [-0.25, -0.2) is 0 Å². The monoisotopic (exact) mass is 292 g/mol. The summed E-state index contributed by atoms with van der Waals surface area (Å²) in [6.07, 6.45) is 0.297. The first-order chi connectivity index (χ1) is 10.1. The van der Waals surface area contributed by atoms with E-state index >= 15 is 0 Å². The first kappa shape index (κ1) is 17.2. The second-order valence-electron chi connectivity index (χ2n) is 4.89. The fraction of sp³-hybridized carbons (Fsp3) is 0.500. The van der Waals surface area contributed by atoms with Gasteiger partial charge >= 0.3 is 5.97 Å². The molecule has 0 aliphatic heterocycles. The molecule has 1 unspecified atom stereocenters. The molecular weight excluding hydrogens is 268 g/mol. The fourth-order valence-corrected chi connectivity index (χ4v) is 2.02. The van der Waals surface area contributed by atoms with Crippen LogP contribution < -0.4 is 5.32 Å². The van der Waals surface area contributed by atoms with Gasteiger partial charge in [-0.15, -0.1) is 0 Å². The molecule has 116 valence electrons. The number of hydrogen-bond acceptors (Lipinski definition) is 4. The normalized spacial score (nSPS) is 12.0. The van der Waals surface area contributed by atoms with E-state index in [1.165, 1.54) is 7.11 Å². The lowest BCUT2D eigenvalue weighted by Crippen LogP contribution is -2.39. The molecular formula is C16H24N2O3. The Kier molecular flexibility index (Phi) is 7.46. The lowest BCUT2D eigenvalue weighted by atomic mass is 10.1. The van der Waals surface area contributed by atoms with E-state index in [9.17, 15) is 9.59 Å². The number of ether oxygens (including phenoxy) is 1. The summed E-state index contributed by atoms with van der Waals surface area (Å²) in [6, 6.07) is 9.79. The van der Waals surface area contributed by atoms with Gasteiger partial charge in [-0.3, -0.25) is 14.5 Å². The Hall–Kier alpha value is -1.88. The van der Waals surface area contributed by atoms with Crippen LogP contribution in [0.25, 0.3) is 0 Å². The quantitative estimate of drug-likeness (QED) is 0.742. The van der Waals surface area contributed by atoms with E-state index in [2.05, 4.69) is 10.1 Å². The van der Waals surface area contributed by atoms with Gasteiger partial charge in [0.05, 0.1) is 26.1 Å². The van der Waals surface area contributed by atoms with Crippen LogP contribution in [0.5, 0.6) is 0 Å². The van der Waals surface area contributed by atoms with E-state index in [-0.39, 0.29) is 24.5 Å². The van der Waals surface area contributed by atoms with Crippen molar-refractivity contribution in [3.63, 3.8) is 0 Å². The van der Waals surface area contributed by atoms with Crippen molar-refractivity contribution in [3.05, 3.63) is 35.9 Å². The Bertz CT molecular complexity index is 448. The van der Waals surface area contributed by atoms with Crippen molar-refractivity contribution in [1.82, 2.24) is 10.2 Å². The van der Waals surface area contributed by atoms with E-state index < -0.39 is 0 Å². The third kappa shape index (κ3) is 6.40. The maximum Gasteiger partial charge on any atom is 0.306 e. The van der Waals surface area contributed by atoms with Crippen molar-refractivity contribution in [2.75, 3.05) is 26.7 Å². The number of methoxy groups -OCH3 is 1. The zero-order valence-electron chi connectivity index (χ0n) is 13.0. The number of benzene rings is 1. The molecule has 1 aromatic carbocycles. The highest BCUT2D eigenvalue weighted by atomic mass is 16.5. The Labute approximate surface area is 126 Å². The summed E-state index contributed by atoms with van der Waals surface area (Å²) in [5.41, 5.74) is 1.07. The number of amides is 1. The second-order valence-corrected chi connectivity index (χ2v) is 4.89. The van der Waals surface area contributed by atoms with Crippen LogP contribution in [-0.2, 0) is 14.3 Å². The molecule has 1 atom stereocenters. The summed E-state index contributed by atoms with van der Waals surface area (Å²) in [4.78, 5) is 25.1. The van der Waals surface area contributed by atoms with E-state index in [1.807, 2.05) is 49.1 Å². The molecule has 0 aromatic heterocycles. The Balaban J connectivity index is 2.42. The Morgan fingerprint density at radius 3 is 2.52 bits per heavy atom. The average Bonchev–Trinajstić information content (AvgIpc) is 2.51. The summed E-state index contributed by atoms with van der Waals surface area (Å²) in [5.74, 6) is -0.301. The van der Waals surface area contributed by atoms with Crippen LogP contribution in [0, 0.1) is 0 Å². The van der Waals surface area contributed by atoms with Crippen LogP contribution in [-0.4, -0.2) is 43.5 Å². The summed E-state index contributed by atoms with van der Waals surface area (Å²) < 4.78 is 4.61. The van der Waals surface area contributed by atoms with E-state index in [4.69, 9.17) is 0 Å². The molecule has 0 bridgehead atoms. The van der Waals surface area contributed by atoms with Crippen molar-refractivity contribution in [1.29, 1.82) is 0 Å². The Morgan fingerprint density at radius 2 is 1.95 bits per heavy atom. The fourth-order valence-electron chi connectivity index (χ4n) is 2.02. The third-order valence-electron chi connectivity index (χ3n) is 3.35. The van der Waals surface area contributed by atoms with Crippen LogP contribution in [0.1, 0.15) is 31.9 Å². The van der Waals surface area contributed by atoms with Gasteiger partial charge < -0.3 is 10.1 Å². The van der Waals surface area contributed by atoms with Gasteiger partial charge in [-0.1, -0.05) is 37.3 Å². The molecule has 21 heavy (non-hydrogen) atoms. The van der Waals surface area contributed by atoms with Crippen molar-refractivity contribution in [3.8, 4) is 0 Å². The third-order valence-corrected chi connectivity index (χ3v) is 3.35. The number of likely N-dealkylation sites (N-methyl/N-ethyl adjacent to an activating group) is 1. The zero-order valence-corrected chi connectivity index (χ0v) is 13.0. The molecule has 1 amide bonds. The summed E-state index contributed by atoms with van der Waals surface area (Å²) in [5, 5.41) is 2.97. The SMILES string of the molecule is CCN(CCC(=O)OC)CC(=O)NC(C)c1ccccc1. The van der Waals surface area contributed by atoms with Gasteiger partial charge in [0, 0.05) is 6.54 Å². The number of nitrogens with zero attached hydrogens (tertiary/aromatic N) is 1. The van der Waals surface area contributed by atoms with E-state index in [0.717, 1.165) is 5.56 Å². The minimum absolute atomic E-state index is 0.0296. The van der Waals surface area contributed by atoms with Crippen molar-refractivity contribution in [2.24, 2.45) is 0 Å². The number of esters is 1. The first-order valence-corrected chi connectivity index (χ1v) is 7.20. The van der Waals surface area contributed by atoms with Gasteiger partial charge in [0.1, 0.15) is 0 Å². The zero-order chi connectivity index (χ0) is 15.7. The van der Waals surface area contributed by atoms with Crippen LogP contribution in [0.15, 0.2) is 30.3 Å². The minimum atomic E-state index is -0.258. The molecule has 0 heterocycles. The molecule has 0 saturated carbocycles. The largest absolute Gasteiger partial charge is 0.469 e. The maximum absolute atomic E-state index is 12.0. The topological polar surface area (TPSA) is 58.6 Å². The molecule has 0 fully saturated rings. The van der Waals surface area contributed by atoms with Gasteiger partial charge in [0.15, 0.2) is 0 Å². The van der Waals surface area contributed by atoms with Gasteiger partial charge in [0.2, 0.25) is 5.91 Å². The van der Waals surface area contributed by atoms with Crippen LogP contribution in [0.2, 0.25) is 0 Å². The molecule has 0 saturated heterocycles. The predicted octanol–water partition coefficient (Wildman–Crippen LogP) is 1.75. The van der Waals surface area contributed by atoms with Crippen molar-refractivity contribution >= 4 is 11.9 Å². The molecule has 1 aromatic rings. The molecule has 0 aliphatic carbocycles. The molecule has 5 nitrogen and oxygen atoms in total. The van der Waals surface area contributed by atoms with Gasteiger partial charge in [-0.2, -0.15) is 0 Å². The number of nitrogens with one attached hydrogen (secondary N) is 1. The van der Waals surface area contributed by atoms with Crippen LogP contribution in [0.4, 0.5) is 0 Å². The number of carbonyl (C=O) groups is 2. The number of carbonyl (C=O) groups excluding carboxylic acids is 2. The molecule has 5 heteroatoms. The van der Waals surface area contributed by atoms with E-state index in [1.54, 1.807) is 0 Å². The summed E-state index contributed by atoms with van der Waals surface area (Å²) in [6.45, 7) is 5.44. The number of rotatable bonds is 8. The highest BCUT2D eigenvalue weighted by Crippen LogP contribution is 2.10. The number of hydrogen-bond donors (Lipinski definition) is 1. The Morgan fingerprint density at radius 1 is 1.29 bits per heavy atom. The van der Waals surface area contributed by atoms with Gasteiger partial charge in [-0.05, 0) is 19.0 Å². The molecule has 1 N–H and O–H groups in total. The first-order valence-electron chi connectivity index (χ1n) is 7.20. The van der Waals surface area contributed by atoms with E-state index in [0.29, 0.717) is 19.5 Å². The standard InChI is InChI=1S/C16H24N2O3/c1-4-18(11-10-16(20)21-3)12-15(19)17-13(2)14-8-6-5-7-9-14/h5-9,13H,4,10-12H2,1-3H3,(H,17,19). The highest BCUT2D eigenvalue weighted by molar-refractivity contribution is 5.78. The highest BCUT2D eigenvalue weighted by Gasteiger charge is 2.13. The molecule has 1 rings (SSSR count). The van der Waals surface area contributed by atoms with Crippen LogP contribution >= 0.6 is 0 Å². The summed E-state index contributed by atoms with van der Waals surface area (Å²) in [7, 11) is 1.37. The predicted molar refractivity (Wildman–Crippen MR) is 81.7 cm³/mol. The molecule has 0 aliphatic rings. The smallest absolute Gasteiger partial charge is 0.306 e. The lowest BCUT2D eigenvalue weighted by Gasteiger charge is -2.21. The van der Waals surface area contributed by atoms with Crippen LogP contribution in [0.3, 0.4) is 0 Å². The minimum Gasteiger partial charge on any atom is -0.469 e. The second kappa shape index (κ2) is 9.13. The van der Waals surface area contributed by atoms with Crippen molar-refractivity contribution in [2.45, 2.75) is 26.3 Å². The summed E-state index contributed by atoms with van der Waals surface area (Å²) >= 11 is 0. The van der Waals surface area contributed by atoms with Crippen molar-refractivity contribution < 1.29 is 14.3 Å². The average molecular weight is 292 g/mol. The lowest BCUT2D eigenvalue weighted by molar-refractivity contribution is -0.141. The maximum atomic E-state index is 12.0.